The highest BCUT2D eigenvalue weighted by atomic mass is 16.6. The highest BCUT2D eigenvalue weighted by Crippen LogP contribution is 2.36. The number of nitrogens with zero attached hydrogens (tertiary/aromatic N) is 1. The van der Waals surface area contributed by atoms with Crippen molar-refractivity contribution in [2.75, 3.05) is 14.2 Å². The van der Waals surface area contributed by atoms with Crippen molar-refractivity contribution in [2.24, 2.45) is 0 Å². The van der Waals surface area contributed by atoms with Gasteiger partial charge in [0.25, 0.3) is 0 Å². The summed E-state index contributed by atoms with van der Waals surface area (Å²) in [7, 11) is 2.89. The van der Waals surface area contributed by atoms with E-state index in [1.807, 2.05) is 6.08 Å². The monoisotopic (exact) mass is 519 g/mol. The number of benzene rings is 1. The van der Waals surface area contributed by atoms with Crippen LogP contribution in [-0.4, -0.2) is 36.2 Å². The molecule has 0 saturated heterocycles. The molecular weight excluding hydrogens is 486 g/mol. The Morgan fingerprint density at radius 2 is 1.84 bits per heavy atom. The molecule has 0 radical (unpaired) electrons. The first-order valence-electron chi connectivity index (χ1n) is 12.4. The van der Waals surface area contributed by atoms with Crippen LogP contribution in [0, 0.1) is 0 Å². The van der Waals surface area contributed by atoms with Crippen LogP contribution >= 0.6 is 0 Å². The summed E-state index contributed by atoms with van der Waals surface area (Å²) in [5.41, 5.74) is 3.01. The zero-order valence-corrected chi connectivity index (χ0v) is 21.9. The number of hydrogen-bond donors (Lipinski definition) is 1. The summed E-state index contributed by atoms with van der Waals surface area (Å²) in [6.45, 7) is 6.12. The van der Waals surface area contributed by atoms with Gasteiger partial charge in [-0.15, -0.1) is 0 Å². The first kappa shape index (κ1) is 28.4. The van der Waals surface area contributed by atoms with E-state index in [0.717, 1.165) is 30.4 Å². The van der Waals surface area contributed by atoms with Gasteiger partial charge in [0, 0.05) is 24.4 Å². The number of aliphatic hydroxyl groups is 1. The fourth-order valence-electron chi connectivity index (χ4n) is 3.92. The lowest BCUT2D eigenvalue weighted by Gasteiger charge is -2.19. The van der Waals surface area contributed by atoms with Crippen molar-refractivity contribution in [1.82, 2.24) is 4.98 Å². The molecule has 1 atom stereocenters. The van der Waals surface area contributed by atoms with E-state index in [1.165, 1.54) is 19.5 Å². The van der Waals surface area contributed by atoms with Crippen LogP contribution in [0.2, 0.25) is 0 Å². The van der Waals surface area contributed by atoms with Crippen LogP contribution in [0.5, 0.6) is 5.75 Å². The van der Waals surface area contributed by atoms with Gasteiger partial charge in [0.15, 0.2) is 6.10 Å². The van der Waals surface area contributed by atoms with Crippen molar-refractivity contribution in [1.29, 1.82) is 0 Å². The first-order valence-corrected chi connectivity index (χ1v) is 12.4. The maximum atomic E-state index is 12.9. The molecule has 0 aliphatic carbocycles. The number of hydrogen-bond acceptors (Lipinski definition) is 8. The lowest BCUT2D eigenvalue weighted by molar-refractivity contribution is 0.0246. The first-order chi connectivity index (χ1) is 18.4. The topological polar surface area (TPSA) is 108 Å². The predicted molar refractivity (Wildman–Crippen MR) is 143 cm³/mol. The van der Waals surface area contributed by atoms with Gasteiger partial charge in [-0.1, -0.05) is 26.0 Å². The van der Waals surface area contributed by atoms with Gasteiger partial charge in [0.1, 0.15) is 23.9 Å². The molecule has 0 unspecified atom stereocenters. The molecule has 1 N–H and O–H groups in total. The Morgan fingerprint density at radius 3 is 2.47 bits per heavy atom. The van der Waals surface area contributed by atoms with E-state index in [-0.39, 0.29) is 13.0 Å². The molecule has 0 spiro atoms. The molecule has 0 amide bonds. The number of aromatic nitrogens is 1. The maximum absolute atomic E-state index is 12.9. The molecule has 2 heterocycles. The molecule has 8 heteroatoms. The maximum Gasteiger partial charge on any atom is 0.338 e. The van der Waals surface area contributed by atoms with Crippen LogP contribution in [0.3, 0.4) is 0 Å². The van der Waals surface area contributed by atoms with E-state index >= 15 is 0 Å². The molecule has 3 aromatic rings. The van der Waals surface area contributed by atoms with Gasteiger partial charge in [-0.2, -0.15) is 0 Å². The van der Waals surface area contributed by atoms with Crippen LogP contribution in [0.4, 0.5) is 0 Å². The zero-order valence-electron chi connectivity index (χ0n) is 21.9. The Balaban J connectivity index is 2.04. The smallest absolute Gasteiger partial charge is 0.338 e. The Bertz CT molecular complexity index is 1280. The summed E-state index contributed by atoms with van der Waals surface area (Å²) < 4.78 is 22.1. The molecule has 1 aromatic carbocycles. The highest BCUT2D eigenvalue weighted by Gasteiger charge is 2.23. The van der Waals surface area contributed by atoms with E-state index in [4.69, 9.17) is 18.6 Å². The molecule has 0 bridgehead atoms. The third kappa shape index (κ3) is 7.20. The standard InChI is InChI=1S/C30H33NO7/c1-5-6-7-20(2)24(25-18-22(29(33)36-4)8-11-26(25)35-3)10-13-28(27-12-9-23(19-32)37-27)38-30(34)21-14-16-31-17-15-21/h8-12,14-18,28,32H,2,5-7,13,19H2,1,3-4H3/b24-10-/t28-/m0/s1. The van der Waals surface area contributed by atoms with E-state index in [9.17, 15) is 14.7 Å². The number of pyridine rings is 1. The van der Waals surface area contributed by atoms with Crippen LogP contribution in [-0.2, 0) is 16.1 Å². The van der Waals surface area contributed by atoms with Crippen molar-refractivity contribution in [3.63, 3.8) is 0 Å². The number of carbonyl (C=O) groups excluding carboxylic acids is 2. The Morgan fingerprint density at radius 1 is 1.08 bits per heavy atom. The van der Waals surface area contributed by atoms with Gasteiger partial charge in [-0.25, -0.2) is 9.59 Å². The minimum atomic E-state index is -0.792. The number of aliphatic hydroxyl groups excluding tert-OH is 1. The average molecular weight is 520 g/mol. The Hall–Kier alpha value is -4.17. The van der Waals surface area contributed by atoms with Crippen molar-refractivity contribution in [3.8, 4) is 5.75 Å². The Labute approximate surface area is 222 Å². The van der Waals surface area contributed by atoms with Crippen LogP contribution in [0.1, 0.15) is 76.5 Å². The summed E-state index contributed by atoms with van der Waals surface area (Å²) in [6, 6.07) is 11.5. The van der Waals surface area contributed by atoms with Crippen LogP contribution in [0.25, 0.3) is 5.57 Å². The number of furan rings is 1. The van der Waals surface area contributed by atoms with Gasteiger partial charge >= 0.3 is 11.9 Å². The zero-order chi connectivity index (χ0) is 27.5. The largest absolute Gasteiger partial charge is 0.496 e. The molecule has 200 valence electrons. The fourth-order valence-corrected chi connectivity index (χ4v) is 3.92. The summed E-state index contributed by atoms with van der Waals surface area (Å²) >= 11 is 0. The fraction of sp³-hybridized carbons (Fsp3) is 0.300. The number of ether oxygens (including phenoxy) is 3. The summed E-state index contributed by atoms with van der Waals surface area (Å²) in [5.74, 6) is 0.302. The number of rotatable bonds is 13. The molecule has 0 aliphatic heterocycles. The van der Waals surface area contributed by atoms with E-state index in [0.29, 0.717) is 34.0 Å². The minimum Gasteiger partial charge on any atom is -0.496 e. The third-order valence-electron chi connectivity index (χ3n) is 5.98. The minimum absolute atomic E-state index is 0.237. The van der Waals surface area contributed by atoms with Crippen molar-refractivity contribution >= 4 is 17.5 Å². The second kappa shape index (κ2) is 13.9. The number of methoxy groups -OCH3 is 2. The number of carbonyl (C=O) groups is 2. The van der Waals surface area contributed by atoms with Gasteiger partial charge in [0.05, 0.1) is 25.3 Å². The number of allylic oxidation sites excluding steroid dienone is 2. The lowest BCUT2D eigenvalue weighted by atomic mass is 9.91. The number of esters is 2. The molecule has 0 fully saturated rings. The molecule has 0 aliphatic rings. The quantitative estimate of drug-likeness (QED) is 0.214. The molecular formula is C30H33NO7. The summed E-state index contributed by atoms with van der Waals surface area (Å²) in [6.07, 6.45) is 7.01. The second-order valence-corrected chi connectivity index (χ2v) is 8.56. The molecule has 0 saturated carbocycles. The van der Waals surface area contributed by atoms with Crippen molar-refractivity contribution in [2.45, 2.75) is 45.3 Å². The lowest BCUT2D eigenvalue weighted by Crippen LogP contribution is -2.11. The highest BCUT2D eigenvalue weighted by molar-refractivity contribution is 5.92. The van der Waals surface area contributed by atoms with Crippen LogP contribution < -0.4 is 4.74 Å². The average Bonchev–Trinajstić information content (AvgIpc) is 3.44. The summed E-state index contributed by atoms with van der Waals surface area (Å²) in [5, 5.41) is 9.48. The molecule has 38 heavy (non-hydrogen) atoms. The summed E-state index contributed by atoms with van der Waals surface area (Å²) in [4.78, 5) is 29.1. The second-order valence-electron chi connectivity index (χ2n) is 8.56. The van der Waals surface area contributed by atoms with Gasteiger partial charge in [-0.05, 0) is 66.5 Å². The van der Waals surface area contributed by atoms with Gasteiger partial charge < -0.3 is 23.7 Å². The van der Waals surface area contributed by atoms with Crippen molar-refractivity contribution in [3.05, 3.63) is 101 Å². The number of unbranched alkanes of at least 4 members (excludes halogenated alkanes) is 1. The third-order valence-corrected chi connectivity index (χ3v) is 5.98. The molecule has 8 nitrogen and oxygen atoms in total. The molecule has 3 rings (SSSR count). The normalized spacial score (nSPS) is 12.1. The van der Waals surface area contributed by atoms with Gasteiger partial charge in [-0.3, -0.25) is 4.98 Å². The van der Waals surface area contributed by atoms with Crippen molar-refractivity contribution < 1.29 is 33.3 Å². The van der Waals surface area contributed by atoms with E-state index < -0.39 is 18.0 Å². The van der Waals surface area contributed by atoms with Gasteiger partial charge in [0.2, 0.25) is 0 Å². The molecule has 2 aromatic heterocycles. The SMILES string of the molecule is C=C(CCCC)/C(=C/C[C@H](OC(=O)c1ccncc1)c1ccc(CO)o1)c1cc(C(=O)OC)ccc1OC. The van der Waals surface area contributed by atoms with E-state index in [1.54, 1.807) is 49.6 Å². The van der Waals surface area contributed by atoms with E-state index in [2.05, 4.69) is 18.5 Å². The predicted octanol–water partition coefficient (Wildman–Crippen LogP) is 6.08. The Kier molecular flexibility index (Phi) is 10.4. The van der Waals surface area contributed by atoms with Crippen LogP contribution in [0.15, 0.2) is 77.5 Å².